The molecular weight excluding hydrogens is 244 g/mol. The van der Waals surface area contributed by atoms with E-state index in [4.69, 9.17) is 5.11 Å². The van der Waals surface area contributed by atoms with Crippen LogP contribution in [0.25, 0.3) is 0 Å². The number of benzene rings is 1. The number of hydrogen-bond donors (Lipinski definition) is 2. The molecule has 4 heteroatoms. The number of allylic oxidation sites excluding steroid dienone is 2. The maximum Gasteiger partial charge on any atom is 0.307 e. The molecule has 0 spiro atoms. The molecule has 0 bridgehead atoms. The van der Waals surface area contributed by atoms with Crippen molar-refractivity contribution in [3.8, 4) is 0 Å². The van der Waals surface area contributed by atoms with Crippen LogP contribution in [0.15, 0.2) is 42.5 Å². The predicted molar refractivity (Wildman–Crippen MR) is 69.4 cm³/mol. The molecule has 3 atom stereocenters. The van der Waals surface area contributed by atoms with Crippen LogP contribution in [0.1, 0.15) is 24.5 Å². The minimum Gasteiger partial charge on any atom is -0.481 e. The molecule has 100 valence electrons. The zero-order chi connectivity index (χ0) is 13.8. The quantitative estimate of drug-likeness (QED) is 0.811. The number of Topliss-reactive ketones (excluding diaryl/α,β-unsaturated/α-hetero) is 1. The van der Waals surface area contributed by atoms with E-state index in [-0.39, 0.29) is 0 Å². The number of carbonyl (C=O) groups is 2. The second-order valence-electron chi connectivity index (χ2n) is 4.71. The lowest BCUT2D eigenvalue weighted by molar-refractivity contribution is -0.149. The van der Waals surface area contributed by atoms with Crippen LogP contribution in [0, 0.1) is 11.8 Å². The third-order valence-electron chi connectivity index (χ3n) is 3.50. The average Bonchev–Trinajstić information content (AvgIpc) is 2.46. The van der Waals surface area contributed by atoms with E-state index in [2.05, 4.69) is 0 Å². The molecule has 1 aliphatic rings. The van der Waals surface area contributed by atoms with Gasteiger partial charge in [0.2, 0.25) is 0 Å². The van der Waals surface area contributed by atoms with Crippen molar-refractivity contribution in [1.29, 1.82) is 0 Å². The number of carbonyl (C=O) groups excluding carboxylic acids is 1. The van der Waals surface area contributed by atoms with Crippen LogP contribution < -0.4 is 0 Å². The Balaban J connectivity index is 2.18. The lowest BCUT2D eigenvalue weighted by atomic mass is 9.78. The summed E-state index contributed by atoms with van der Waals surface area (Å²) >= 11 is 0. The van der Waals surface area contributed by atoms with Gasteiger partial charge in [-0.15, -0.1) is 0 Å². The van der Waals surface area contributed by atoms with Gasteiger partial charge in [0.25, 0.3) is 0 Å². The van der Waals surface area contributed by atoms with Gasteiger partial charge in [-0.2, -0.15) is 0 Å². The second-order valence-corrected chi connectivity index (χ2v) is 4.71. The maximum atomic E-state index is 12.3. The maximum absolute atomic E-state index is 12.3. The number of ketones is 1. The van der Waals surface area contributed by atoms with E-state index < -0.39 is 29.7 Å². The SMILES string of the molecule is O=C(O)C1CC=CCC1C(=O)C(O)c1ccccc1. The largest absolute Gasteiger partial charge is 0.481 e. The van der Waals surface area contributed by atoms with Gasteiger partial charge in [0.1, 0.15) is 6.10 Å². The molecule has 2 N–H and O–H groups in total. The molecule has 19 heavy (non-hydrogen) atoms. The van der Waals surface area contributed by atoms with Crippen molar-refractivity contribution in [3.05, 3.63) is 48.0 Å². The van der Waals surface area contributed by atoms with Gasteiger partial charge in [0, 0.05) is 5.92 Å². The van der Waals surface area contributed by atoms with E-state index in [1.807, 2.05) is 0 Å². The van der Waals surface area contributed by atoms with Crippen LogP contribution in [0.2, 0.25) is 0 Å². The number of hydrogen-bond acceptors (Lipinski definition) is 3. The van der Waals surface area contributed by atoms with Crippen LogP contribution in [-0.2, 0) is 9.59 Å². The zero-order valence-electron chi connectivity index (χ0n) is 10.4. The molecule has 1 aromatic rings. The second kappa shape index (κ2) is 5.80. The molecule has 0 saturated heterocycles. The van der Waals surface area contributed by atoms with Gasteiger partial charge in [-0.05, 0) is 18.4 Å². The summed E-state index contributed by atoms with van der Waals surface area (Å²) in [4.78, 5) is 23.4. The fourth-order valence-electron chi connectivity index (χ4n) is 2.40. The first-order chi connectivity index (χ1) is 9.11. The number of aliphatic carboxylic acids is 1. The molecule has 3 unspecified atom stereocenters. The summed E-state index contributed by atoms with van der Waals surface area (Å²) in [6.45, 7) is 0. The van der Waals surface area contributed by atoms with Crippen molar-refractivity contribution in [1.82, 2.24) is 0 Å². The third-order valence-corrected chi connectivity index (χ3v) is 3.50. The van der Waals surface area contributed by atoms with Gasteiger partial charge in [-0.1, -0.05) is 42.5 Å². The summed E-state index contributed by atoms with van der Waals surface area (Å²) in [5.74, 6) is -2.79. The van der Waals surface area contributed by atoms with Gasteiger partial charge >= 0.3 is 5.97 Å². The van der Waals surface area contributed by atoms with Crippen molar-refractivity contribution in [2.45, 2.75) is 18.9 Å². The summed E-state index contributed by atoms with van der Waals surface area (Å²) in [6.07, 6.45) is 3.05. The summed E-state index contributed by atoms with van der Waals surface area (Å²) in [5, 5.41) is 19.2. The van der Waals surface area contributed by atoms with E-state index >= 15 is 0 Å². The summed E-state index contributed by atoms with van der Waals surface area (Å²) < 4.78 is 0. The molecule has 0 radical (unpaired) electrons. The minimum absolute atomic E-state index is 0.341. The molecule has 2 rings (SSSR count). The highest BCUT2D eigenvalue weighted by molar-refractivity contribution is 5.90. The Kier molecular flexibility index (Phi) is 4.12. The van der Waals surface area contributed by atoms with Crippen LogP contribution >= 0.6 is 0 Å². The molecule has 0 aromatic heterocycles. The number of aliphatic hydroxyl groups is 1. The van der Waals surface area contributed by atoms with E-state index in [0.717, 1.165) is 0 Å². The van der Waals surface area contributed by atoms with Crippen LogP contribution in [-0.4, -0.2) is 22.0 Å². The highest BCUT2D eigenvalue weighted by atomic mass is 16.4. The van der Waals surface area contributed by atoms with Crippen LogP contribution in [0.5, 0.6) is 0 Å². The molecule has 1 aromatic carbocycles. The molecule has 0 saturated carbocycles. The van der Waals surface area contributed by atoms with Crippen LogP contribution in [0.3, 0.4) is 0 Å². The van der Waals surface area contributed by atoms with Gasteiger partial charge in [-0.25, -0.2) is 0 Å². The van der Waals surface area contributed by atoms with Crippen molar-refractivity contribution in [2.24, 2.45) is 11.8 Å². The Morgan fingerprint density at radius 1 is 1.05 bits per heavy atom. The first-order valence-corrected chi connectivity index (χ1v) is 6.26. The standard InChI is InChI=1S/C15H16O4/c16-13(10-6-2-1-3-7-10)14(17)11-8-4-5-9-12(11)15(18)19/h1-7,11-13,16H,8-9H2,(H,18,19). The van der Waals surface area contributed by atoms with Crippen LogP contribution in [0.4, 0.5) is 0 Å². The monoisotopic (exact) mass is 260 g/mol. The number of carboxylic acid groups (broad SMARTS) is 1. The fourth-order valence-corrected chi connectivity index (χ4v) is 2.40. The van der Waals surface area contributed by atoms with Gasteiger partial charge in [0.15, 0.2) is 5.78 Å². The van der Waals surface area contributed by atoms with Crippen molar-refractivity contribution in [3.63, 3.8) is 0 Å². The van der Waals surface area contributed by atoms with E-state index in [9.17, 15) is 14.7 Å². The lowest BCUT2D eigenvalue weighted by Crippen LogP contribution is -2.34. The third kappa shape index (κ3) is 2.90. The first-order valence-electron chi connectivity index (χ1n) is 6.26. The van der Waals surface area contributed by atoms with E-state index in [0.29, 0.717) is 18.4 Å². The topological polar surface area (TPSA) is 74.6 Å². The highest BCUT2D eigenvalue weighted by Crippen LogP contribution is 2.31. The molecule has 4 nitrogen and oxygen atoms in total. The highest BCUT2D eigenvalue weighted by Gasteiger charge is 2.36. The van der Waals surface area contributed by atoms with E-state index in [1.54, 1.807) is 42.5 Å². The summed E-state index contributed by atoms with van der Waals surface area (Å²) in [7, 11) is 0. The Bertz CT molecular complexity index is 492. The Morgan fingerprint density at radius 3 is 2.21 bits per heavy atom. The minimum atomic E-state index is -1.25. The molecular formula is C15H16O4. The van der Waals surface area contributed by atoms with Gasteiger partial charge < -0.3 is 10.2 Å². The Hall–Kier alpha value is -1.94. The van der Waals surface area contributed by atoms with Gasteiger partial charge in [-0.3, -0.25) is 9.59 Å². The zero-order valence-corrected chi connectivity index (χ0v) is 10.4. The van der Waals surface area contributed by atoms with Gasteiger partial charge in [0.05, 0.1) is 5.92 Å². The first kappa shape index (κ1) is 13.5. The van der Waals surface area contributed by atoms with E-state index in [1.165, 1.54) is 0 Å². The normalized spacial score (nSPS) is 23.8. The number of aliphatic hydroxyl groups excluding tert-OH is 1. The van der Waals surface area contributed by atoms with Crippen molar-refractivity contribution in [2.75, 3.05) is 0 Å². The number of rotatable bonds is 4. The Morgan fingerprint density at radius 2 is 1.63 bits per heavy atom. The molecule has 0 heterocycles. The Labute approximate surface area is 111 Å². The predicted octanol–water partition coefficient (Wildman–Crippen LogP) is 1.96. The molecule has 1 aliphatic carbocycles. The molecule has 0 aliphatic heterocycles. The molecule has 0 fully saturated rings. The fraction of sp³-hybridized carbons (Fsp3) is 0.333. The van der Waals surface area contributed by atoms with Crippen molar-refractivity contribution < 1.29 is 19.8 Å². The average molecular weight is 260 g/mol. The molecule has 0 amide bonds. The summed E-state index contributed by atoms with van der Waals surface area (Å²) in [6, 6.07) is 8.60. The van der Waals surface area contributed by atoms with Crippen molar-refractivity contribution >= 4 is 11.8 Å². The lowest BCUT2D eigenvalue weighted by Gasteiger charge is -2.26. The smallest absolute Gasteiger partial charge is 0.307 e. The number of carboxylic acids is 1. The summed E-state index contributed by atoms with van der Waals surface area (Å²) in [5.41, 5.74) is 0.506.